The van der Waals surface area contributed by atoms with Crippen LogP contribution in [-0.2, 0) is 0 Å². The summed E-state index contributed by atoms with van der Waals surface area (Å²) in [7, 11) is 0. The van der Waals surface area contributed by atoms with Gasteiger partial charge in [0.1, 0.15) is 0 Å². The molecular weight excluding hydrogens is 379 g/mol. The molecule has 6 heteroatoms. The summed E-state index contributed by atoms with van der Waals surface area (Å²) in [6.07, 6.45) is 0. The first kappa shape index (κ1) is 69.3. The van der Waals surface area contributed by atoms with E-state index in [0.717, 1.165) is 0 Å². The fourth-order valence-corrected chi connectivity index (χ4v) is 0. The molecule has 0 fully saturated rings. The summed E-state index contributed by atoms with van der Waals surface area (Å²) in [5.74, 6) is 0. The van der Waals surface area contributed by atoms with E-state index in [1.165, 1.54) is 0 Å². The summed E-state index contributed by atoms with van der Waals surface area (Å²) >= 11 is 0. The van der Waals surface area contributed by atoms with E-state index in [1.54, 1.807) is 0 Å². The van der Waals surface area contributed by atoms with Crippen molar-refractivity contribution in [2.75, 3.05) is 0 Å². The second-order valence-electron chi connectivity index (χ2n) is 0. The van der Waals surface area contributed by atoms with Gasteiger partial charge in [-0.05, 0) is 0 Å². The van der Waals surface area contributed by atoms with Crippen molar-refractivity contribution in [1.82, 2.24) is 0 Å². The van der Waals surface area contributed by atoms with Gasteiger partial charge in [0.25, 0.3) is 0 Å². The maximum absolute atomic E-state index is 0. The molecule has 0 bridgehead atoms. The minimum absolute atomic E-state index is 0. The summed E-state index contributed by atoms with van der Waals surface area (Å²) in [5, 5.41) is 0. The third-order valence-electron chi connectivity index (χ3n) is 0. The summed E-state index contributed by atoms with van der Waals surface area (Å²) in [5.41, 5.74) is 0. The molecule has 0 aliphatic carbocycles. The van der Waals surface area contributed by atoms with Gasteiger partial charge in [-0.25, -0.2) is 0 Å². The monoisotopic (exact) mass is 384 g/mol. The Hall–Kier alpha value is 2.76. The first-order chi connectivity index (χ1) is 0. The van der Waals surface area contributed by atoms with Crippen LogP contribution < -0.4 is 49.6 Å². The molecule has 0 heterocycles. The molecule has 0 atom stereocenters. The molecule has 0 radical (unpaired) electrons. The Balaban J connectivity index is 0. The summed E-state index contributed by atoms with van der Waals surface area (Å²) in [4.78, 5) is 0. The first-order valence-corrected chi connectivity index (χ1v) is 0. The van der Waals surface area contributed by atoms with Gasteiger partial charge in [-0.3, -0.25) is 0 Å². The standard InChI is InChI=1S/4ClH.2Sn.4H/h4*1H;;;;;;/q;;;;2*+2;;;;/p-4. The third kappa shape index (κ3) is 29.5. The van der Waals surface area contributed by atoms with Crippen LogP contribution in [0.25, 0.3) is 0 Å². The van der Waals surface area contributed by atoms with Crippen LogP contribution in [0.3, 0.4) is 0 Å². The van der Waals surface area contributed by atoms with Crippen LogP contribution in [0.5, 0.6) is 0 Å². The topological polar surface area (TPSA) is 0 Å². The molecule has 0 saturated heterocycles. The fourth-order valence-electron chi connectivity index (χ4n) is 0. The SMILES string of the molecule is [Cl-].[Cl-].[Cl-].[Cl-].[SnH2+2].[SnH2+2]. The van der Waals surface area contributed by atoms with E-state index >= 15 is 0 Å². The van der Waals surface area contributed by atoms with Crippen molar-refractivity contribution in [3.8, 4) is 0 Å². The molecule has 0 amide bonds. The molecular formula is H4Cl4Sn2. The van der Waals surface area contributed by atoms with Crippen LogP contribution in [-0.4, -0.2) is 47.8 Å². The van der Waals surface area contributed by atoms with Gasteiger partial charge >= 0.3 is 47.8 Å². The van der Waals surface area contributed by atoms with Gasteiger partial charge in [-0.2, -0.15) is 0 Å². The van der Waals surface area contributed by atoms with Crippen LogP contribution in [0.4, 0.5) is 0 Å². The zero-order valence-corrected chi connectivity index (χ0v) is 14.0. The van der Waals surface area contributed by atoms with E-state index in [2.05, 4.69) is 0 Å². The molecule has 0 rings (SSSR count). The minimum atomic E-state index is 0. The number of halogens is 4. The van der Waals surface area contributed by atoms with E-state index in [4.69, 9.17) is 0 Å². The average molecular weight is 383 g/mol. The molecule has 0 aromatic carbocycles. The summed E-state index contributed by atoms with van der Waals surface area (Å²) in [6.45, 7) is 0. The number of hydrogen-bond donors (Lipinski definition) is 0. The predicted octanol–water partition coefficient (Wildman–Crippen LogP) is -13.8. The maximum atomic E-state index is 0. The second-order valence-corrected chi connectivity index (χ2v) is 0. The van der Waals surface area contributed by atoms with Crippen LogP contribution in [0.15, 0.2) is 0 Å². The van der Waals surface area contributed by atoms with E-state index in [1.807, 2.05) is 0 Å². The van der Waals surface area contributed by atoms with E-state index in [0.29, 0.717) is 0 Å². The van der Waals surface area contributed by atoms with Crippen LogP contribution >= 0.6 is 0 Å². The summed E-state index contributed by atoms with van der Waals surface area (Å²) in [6, 6.07) is 0. The predicted molar refractivity (Wildman–Crippen MR) is 17.1 cm³/mol. The first-order valence-electron chi connectivity index (χ1n) is 0. The number of hydrogen-bond acceptors (Lipinski definition) is 0. The molecule has 0 aromatic rings. The van der Waals surface area contributed by atoms with Gasteiger partial charge in [0.2, 0.25) is 0 Å². The van der Waals surface area contributed by atoms with Crippen LogP contribution in [0, 0.1) is 0 Å². The van der Waals surface area contributed by atoms with E-state index < -0.39 is 0 Å². The Bertz CT molecular complexity index is 5.51. The van der Waals surface area contributed by atoms with Gasteiger partial charge < -0.3 is 49.6 Å². The Morgan fingerprint density at radius 2 is 0.333 bits per heavy atom. The molecule has 6 heavy (non-hydrogen) atoms. The van der Waals surface area contributed by atoms with Crippen molar-refractivity contribution in [1.29, 1.82) is 0 Å². The molecule has 0 aliphatic heterocycles. The average Bonchev–Trinajstić information content (AvgIpc) is 0. The quantitative estimate of drug-likeness (QED) is 0.365. The fraction of sp³-hybridized carbons (Fsp3) is 0. The van der Waals surface area contributed by atoms with Gasteiger partial charge in [-0.1, -0.05) is 0 Å². The van der Waals surface area contributed by atoms with Crippen molar-refractivity contribution >= 4 is 47.8 Å². The van der Waals surface area contributed by atoms with Gasteiger partial charge in [0.15, 0.2) is 0 Å². The molecule has 0 aliphatic rings. The molecule has 0 unspecified atom stereocenters. The second kappa shape index (κ2) is 46.6. The number of rotatable bonds is 0. The van der Waals surface area contributed by atoms with Gasteiger partial charge in [-0.15, -0.1) is 0 Å². The van der Waals surface area contributed by atoms with E-state index in [-0.39, 0.29) is 97.4 Å². The van der Waals surface area contributed by atoms with Gasteiger partial charge in [0.05, 0.1) is 0 Å². The molecule has 0 aromatic heterocycles. The van der Waals surface area contributed by atoms with Crippen molar-refractivity contribution < 1.29 is 49.6 Å². The van der Waals surface area contributed by atoms with Crippen molar-refractivity contribution in [3.05, 3.63) is 0 Å². The Morgan fingerprint density at radius 1 is 0.333 bits per heavy atom. The van der Waals surface area contributed by atoms with Gasteiger partial charge in [0, 0.05) is 0 Å². The van der Waals surface area contributed by atoms with Crippen molar-refractivity contribution in [3.63, 3.8) is 0 Å². The molecule has 40 valence electrons. The third-order valence-corrected chi connectivity index (χ3v) is 0. The van der Waals surface area contributed by atoms with E-state index in [9.17, 15) is 0 Å². The van der Waals surface area contributed by atoms with Crippen LogP contribution in [0.2, 0.25) is 0 Å². The summed E-state index contributed by atoms with van der Waals surface area (Å²) < 4.78 is 0. The Labute approximate surface area is 96.1 Å². The Morgan fingerprint density at radius 3 is 0.333 bits per heavy atom. The van der Waals surface area contributed by atoms with Crippen molar-refractivity contribution in [2.24, 2.45) is 0 Å². The zero-order chi connectivity index (χ0) is 0. The molecule has 0 nitrogen and oxygen atoms in total. The Kier molecular flexibility index (Phi) is 538. The molecule has 0 spiro atoms. The zero-order valence-electron chi connectivity index (χ0n) is 2.93. The van der Waals surface area contributed by atoms with Crippen LogP contribution in [0.1, 0.15) is 0 Å². The molecule has 0 N–H and O–H groups in total. The van der Waals surface area contributed by atoms with Crippen molar-refractivity contribution in [2.45, 2.75) is 0 Å². The normalized spacial score (nSPS) is 0. The molecule has 0 saturated carbocycles.